The molecule has 8 heteroatoms. The Balaban J connectivity index is 1.44. The number of hydrogen-bond donors (Lipinski definition) is 1. The summed E-state index contributed by atoms with van der Waals surface area (Å²) in [6.07, 6.45) is 3.17. The van der Waals surface area contributed by atoms with Crippen molar-refractivity contribution in [2.24, 2.45) is 0 Å². The lowest BCUT2D eigenvalue weighted by Gasteiger charge is -2.22. The second-order valence-electron chi connectivity index (χ2n) is 5.57. The van der Waals surface area contributed by atoms with E-state index in [4.69, 9.17) is 14.2 Å². The van der Waals surface area contributed by atoms with Crippen molar-refractivity contribution in [1.29, 1.82) is 0 Å². The fraction of sp³-hybridized carbons (Fsp3) is 0.800. The number of imide groups is 1. The number of hydrogen-bond acceptors (Lipinski definition) is 6. The summed E-state index contributed by atoms with van der Waals surface area (Å²) in [6.45, 7) is 2.14. The highest BCUT2D eigenvalue weighted by Crippen LogP contribution is 2.12. The summed E-state index contributed by atoms with van der Waals surface area (Å²) in [6, 6.07) is 0. The Labute approximate surface area is 135 Å². The zero-order valence-corrected chi connectivity index (χ0v) is 13.3. The topological polar surface area (TPSA) is 94.2 Å². The minimum absolute atomic E-state index is 0.00119. The van der Waals surface area contributed by atoms with E-state index in [0.29, 0.717) is 13.2 Å². The average Bonchev–Trinajstić information content (AvgIpc) is 2.88. The first kappa shape index (κ1) is 17.7. The van der Waals surface area contributed by atoms with E-state index in [1.54, 1.807) is 0 Å². The lowest BCUT2D eigenvalue weighted by Crippen LogP contribution is -2.34. The van der Waals surface area contributed by atoms with Gasteiger partial charge in [-0.15, -0.1) is 0 Å². The Bertz CT molecular complexity index is 406. The highest BCUT2D eigenvalue weighted by atomic mass is 16.6. The van der Waals surface area contributed by atoms with Gasteiger partial charge in [-0.1, -0.05) is 0 Å². The molecule has 8 nitrogen and oxygen atoms in total. The maximum atomic E-state index is 11.5. The van der Waals surface area contributed by atoms with Crippen molar-refractivity contribution in [1.82, 2.24) is 10.2 Å². The Hall–Kier alpha value is -1.67. The molecule has 3 amide bonds. The minimum atomic E-state index is -0.493. The summed E-state index contributed by atoms with van der Waals surface area (Å²) in [7, 11) is 0. The third-order valence-electron chi connectivity index (χ3n) is 3.80. The normalized spacial score (nSPS) is 21.6. The van der Waals surface area contributed by atoms with Crippen LogP contribution in [0.15, 0.2) is 0 Å². The standard InChI is InChI=1S/C15H24N2O6/c18-13-4-5-14(19)17(13)7-10-21-9-6-16-15(20)23-11-12-3-1-2-8-22-12/h12H,1-11H2,(H,16,20)/t12-/m1/s1. The summed E-state index contributed by atoms with van der Waals surface area (Å²) in [5.74, 6) is -0.296. The van der Waals surface area contributed by atoms with E-state index >= 15 is 0 Å². The molecule has 0 bridgehead atoms. The molecular weight excluding hydrogens is 304 g/mol. The number of alkyl carbamates (subject to hydrolysis) is 1. The Kier molecular flexibility index (Phi) is 7.28. The summed E-state index contributed by atoms with van der Waals surface area (Å²) in [5.41, 5.74) is 0. The number of amides is 3. The molecule has 0 spiro atoms. The van der Waals surface area contributed by atoms with Crippen molar-refractivity contribution >= 4 is 17.9 Å². The molecule has 0 aromatic rings. The number of carbonyl (C=O) groups is 3. The third kappa shape index (κ3) is 6.15. The Morgan fingerprint density at radius 2 is 2.00 bits per heavy atom. The third-order valence-corrected chi connectivity index (χ3v) is 3.80. The minimum Gasteiger partial charge on any atom is -0.447 e. The summed E-state index contributed by atoms with van der Waals surface area (Å²) < 4.78 is 15.8. The van der Waals surface area contributed by atoms with Gasteiger partial charge in [0.05, 0.1) is 25.9 Å². The SMILES string of the molecule is O=C(NCCOCCN1C(=O)CCC1=O)OC[C@H]1CCCCO1. The number of rotatable bonds is 8. The summed E-state index contributed by atoms with van der Waals surface area (Å²) >= 11 is 0. The first-order valence-electron chi connectivity index (χ1n) is 8.10. The highest BCUT2D eigenvalue weighted by molar-refractivity contribution is 6.01. The molecule has 2 aliphatic heterocycles. The molecule has 1 atom stereocenters. The van der Waals surface area contributed by atoms with E-state index in [-0.39, 0.29) is 50.5 Å². The Morgan fingerprint density at radius 3 is 2.70 bits per heavy atom. The lowest BCUT2D eigenvalue weighted by atomic mass is 10.1. The summed E-state index contributed by atoms with van der Waals surface area (Å²) in [5, 5.41) is 2.58. The van der Waals surface area contributed by atoms with Crippen molar-refractivity contribution in [3.05, 3.63) is 0 Å². The van der Waals surface area contributed by atoms with Crippen LogP contribution >= 0.6 is 0 Å². The molecule has 1 N–H and O–H groups in total. The van der Waals surface area contributed by atoms with E-state index < -0.39 is 6.09 Å². The molecule has 23 heavy (non-hydrogen) atoms. The molecule has 2 heterocycles. The fourth-order valence-electron chi connectivity index (χ4n) is 2.51. The van der Waals surface area contributed by atoms with Gasteiger partial charge in [0.2, 0.25) is 11.8 Å². The first-order valence-corrected chi connectivity index (χ1v) is 8.10. The Morgan fingerprint density at radius 1 is 1.22 bits per heavy atom. The van der Waals surface area contributed by atoms with Crippen LogP contribution in [0.4, 0.5) is 4.79 Å². The van der Waals surface area contributed by atoms with Crippen LogP contribution in [0.1, 0.15) is 32.1 Å². The number of nitrogens with one attached hydrogen (secondary N) is 1. The molecule has 2 aliphatic rings. The van der Waals surface area contributed by atoms with Gasteiger partial charge < -0.3 is 19.5 Å². The quantitative estimate of drug-likeness (QED) is 0.513. The van der Waals surface area contributed by atoms with Crippen LogP contribution in [0.2, 0.25) is 0 Å². The zero-order valence-electron chi connectivity index (χ0n) is 13.3. The zero-order chi connectivity index (χ0) is 16.5. The van der Waals surface area contributed by atoms with Crippen molar-refractivity contribution in [3.63, 3.8) is 0 Å². The van der Waals surface area contributed by atoms with Gasteiger partial charge in [-0.3, -0.25) is 14.5 Å². The number of likely N-dealkylation sites (tertiary alicyclic amines) is 1. The van der Waals surface area contributed by atoms with E-state index in [2.05, 4.69) is 5.32 Å². The van der Waals surface area contributed by atoms with Gasteiger partial charge in [0.1, 0.15) is 6.61 Å². The van der Waals surface area contributed by atoms with Crippen molar-refractivity contribution in [3.8, 4) is 0 Å². The van der Waals surface area contributed by atoms with Crippen LogP contribution in [-0.2, 0) is 23.8 Å². The van der Waals surface area contributed by atoms with Gasteiger partial charge in [-0.05, 0) is 19.3 Å². The molecule has 0 aromatic heterocycles. The van der Waals surface area contributed by atoms with Gasteiger partial charge in [-0.2, -0.15) is 0 Å². The van der Waals surface area contributed by atoms with Crippen LogP contribution < -0.4 is 5.32 Å². The number of carbonyl (C=O) groups excluding carboxylic acids is 3. The monoisotopic (exact) mass is 328 g/mol. The summed E-state index contributed by atoms with van der Waals surface area (Å²) in [4.78, 5) is 35.4. The molecular formula is C15H24N2O6. The first-order chi connectivity index (χ1) is 11.2. The fourth-order valence-corrected chi connectivity index (χ4v) is 2.51. The molecule has 0 aromatic carbocycles. The maximum absolute atomic E-state index is 11.5. The predicted molar refractivity (Wildman–Crippen MR) is 79.7 cm³/mol. The highest BCUT2D eigenvalue weighted by Gasteiger charge is 2.28. The molecule has 0 radical (unpaired) electrons. The van der Waals surface area contributed by atoms with Crippen LogP contribution in [0.25, 0.3) is 0 Å². The van der Waals surface area contributed by atoms with Crippen LogP contribution in [-0.4, -0.2) is 68.4 Å². The molecule has 2 rings (SSSR count). The van der Waals surface area contributed by atoms with Crippen molar-refractivity contribution in [2.75, 3.05) is 39.5 Å². The van der Waals surface area contributed by atoms with Gasteiger partial charge in [0.15, 0.2) is 0 Å². The van der Waals surface area contributed by atoms with E-state index in [9.17, 15) is 14.4 Å². The van der Waals surface area contributed by atoms with E-state index in [1.165, 1.54) is 4.90 Å². The predicted octanol–water partition coefficient (Wildman–Crippen LogP) is 0.447. The van der Waals surface area contributed by atoms with Gasteiger partial charge >= 0.3 is 6.09 Å². The maximum Gasteiger partial charge on any atom is 0.407 e. The number of ether oxygens (including phenoxy) is 3. The molecule has 0 saturated carbocycles. The van der Waals surface area contributed by atoms with Gasteiger partial charge in [0.25, 0.3) is 0 Å². The molecule has 2 saturated heterocycles. The van der Waals surface area contributed by atoms with Crippen LogP contribution in [0.3, 0.4) is 0 Å². The van der Waals surface area contributed by atoms with Crippen molar-refractivity contribution < 1.29 is 28.6 Å². The van der Waals surface area contributed by atoms with E-state index in [0.717, 1.165) is 25.9 Å². The van der Waals surface area contributed by atoms with Gasteiger partial charge in [-0.25, -0.2) is 4.79 Å². The average molecular weight is 328 g/mol. The second kappa shape index (κ2) is 9.46. The molecule has 0 unspecified atom stereocenters. The second-order valence-corrected chi connectivity index (χ2v) is 5.57. The largest absolute Gasteiger partial charge is 0.447 e. The molecule has 130 valence electrons. The lowest BCUT2D eigenvalue weighted by molar-refractivity contribution is -0.139. The number of nitrogens with zero attached hydrogens (tertiary/aromatic N) is 1. The van der Waals surface area contributed by atoms with E-state index in [1.807, 2.05) is 0 Å². The molecule has 2 fully saturated rings. The van der Waals surface area contributed by atoms with Gasteiger partial charge in [0, 0.05) is 26.0 Å². The van der Waals surface area contributed by atoms with Crippen LogP contribution in [0, 0.1) is 0 Å². The van der Waals surface area contributed by atoms with Crippen LogP contribution in [0.5, 0.6) is 0 Å². The molecule has 0 aliphatic carbocycles. The smallest absolute Gasteiger partial charge is 0.407 e. The van der Waals surface area contributed by atoms with Crippen molar-refractivity contribution in [2.45, 2.75) is 38.2 Å².